The molecule has 0 unspecified atom stereocenters. The first-order valence-corrected chi connectivity index (χ1v) is 6.97. The van der Waals surface area contributed by atoms with Gasteiger partial charge < -0.3 is 5.11 Å². The Balaban J connectivity index is 2.37. The van der Waals surface area contributed by atoms with E-state index in [4.69, 9.17) is 0 Å². The zero-order valence-corrected chi connectivity index (χ0v) is 13.2. The zero-order valence-electron chi connectivity index (χ0n) is 11.6. The zero-order chi connectivity index (χ0) is 15.3. The van der Waals surface area contributed by atoms with Crippen LogP contribution in [0, 0.1) is 13.8 Å². The molecule has 3 aromatic heterocycles. The molecule has 8 heteroatoms. The Morgan fingerprint density at radius 2 is 2.00 bits per heavy atom. The maximum absolute atomic E-state index is 11.5. The van der Waals surface area contributed by atoms with Gasteiger partial charge in [0.05, 0.1) is 21.6 Å². The summed E-state index contributed by atoms with van der Waals surface area (Å²) in [5, 5.41) is 17.9. The van der Waals surface area contributed by atoms with Crippen LogP contribution in [0.1, 0.15) is 21.9 Å². The Kier molecular flexibility index (Phi) is 3.05. The van der Waals surface area contributed by atoms with E-state index in [0.717, 1.165) is 11.3 Å². The molecule has 0 spiro atoms. The summed E-state index contributed by atoms with van der Waals surface area (Å²) in [4.78, 5) is 16.0. The van der Waals surface area contributed by atoms with Crippen molar-refractivity contribution in [1.29, 1.82) is 0 Å². The highest BCUT2D eigenvalue weighted by Gasteiger charge is 2.19. The van der Waals surface area contributed by atoms with Crippen molar-refractivity contribution in [2.75, 3.05) is 0 Å². The summed E-state index contributed by atoms with van der Waals surface area (Å²) in [6.45, 7) is 3.65. The van der Waals surface area contributed by atoms with Gasteiger partial charge in [0, 0.05) is 18.8 Å². The van der Waals surface area contributed by atoms with E-state index < -0.39 is 5.97 Å². The third-order valence-electron chi connectivity index (χ3n) is 3.20. The van der Waals surface area contributed by atoms with Crippen molar-refractivity contribution in [2.45, 2.75) is 13.8 Å². The predicted octanol–water partition coefficient (Wildman–Crippen LogP) is 2.21. The molecular formula is C13H12BrN5O2. The number of hydrogen-bond acceptors (Lipinski definition) is 4. The van der Waals surface area contributed by atoms with Gasteiger partial charge in [0.2, 0.25) is 0 Å². The third kappa shape index (κ3) is 2.11. The molecule has 0 aliphatic rings. The summed E-state index contributed by atoms with van der Waals surface area (Å²) in [6.07, 6.45) is 1.82. The van der Waals surface area contributed by atoms with E-state index in [1.54, 1.807) is 11.6 Å². The quantitative estimate of drug-likeness (QED) is 0.766. The van der Waals surface area contributed by atoms with Crippen LogP contribution in [0.25, 0.3) is 16.9 Å². The summed E-state index contributed by atoms with van der Waals surface area (Å²) < 4.78 is 3.69. The van der Waals surface area contributed by atoms with Crippen molar-refractivity contribution in [2.24, 2.45) is 7.05 Å². The second kappa shape index (κ2) is 4.66. The average Bonchev–Trinajstić information content (AvgIpc) is 2.89. The number of halogens is 1. The van der Waals surface area contributed by atoms with E-state index in [9.17, 15) is 9.90 Å². The Labute approximate surface area is 128 Å². The maximum atomic E-state index is 11.5. The van der Waals surface area contributed by atoms with Gasteiger partial charge in [-0.15, -0.1) is 0 Å². The molecule has 7 nitrogen and oxygen atoms in total. The first kappa shape index (κ1) is 13.7. The normalized spacial score (nSPS) is 11.2. The number of hydrogen-bond donors (Lipinski definition) is 1. The summed E-state index contributed by atoms with van der Waals surface area (Å²) in [6, 6.07) is 1.51. The molecule has 3 rings (SSSR count). The number of carbonyl (C=O) groups is 1. The standard InChI is InChI=1S/C13H12BrN5O2/c1-6-8(5-18(3)16-6)9-4-10(13(20)21)19-12(15-9)11(14)7(2)17-19/h4-5H,1-3H3,(H,20,21). The van der Waals surface area contributed by atoms with Gasteiger partial charge in [0.15, 0.2) is 11.3 Å². The maximum Gasteiger partial charge on any atom is 0.354 e. The van der Waals surface area contributed by atoms with E-state index in [1.807, 2.05) is 20.2 Å². The lowest BCUT2D eigenvalue weighted by atomic mass is 10.1. The number of rotatable bonds is 2. The van der Waals surface area contributed by atoms with Crippen molar-refractivity contribution in [3.05, 3.63) is 33.8 Å². The van der Waals surface area contributed by atoms with Gasteiger partial charge in [-0.1, -0.05) is 0 Å². The fourth-order valence-corrected chi connectivity index (χ4v) is 2.57. The van der Waals surface area contributed by atoms with E-state index in [1.165, 1.54) is 10.6 Å². The lowest BCUT2D eigenvalue weighted by Crippen LogP contribution is -2.08. The van der Waals surface area contributed by atoms with Gasteiger partial charge in [0.25, 0.3) is 0 Å². The molecule has 1 N–H and O–H groups in total. The summed E-state index contributed by atoms with van der Waals surface area (Å²) in [7, 11) is 1.81. The molecule has 0 amide bonds. The summed E-state index contributed by atoms with van der Waals surface area (Å²) in [5.74, 6) is -1.06. The van der Waals surface area contributed by atoms with Crippen molar-refractivity contribution in [3.8, 4) is 11.3 Å². The molecule has 3 heterocycles. The van der Waals surface area contributed by atoms with Gasteiger partial charge in [-0.05, 0) is 35.8 Å². The van der Waals surface area contributed by atoms with Crippen molar-refractivity contribution in [3.63, 3.8) is 0 Å². The van der Waals surface area contributed by atoms with Crippen molar-refractivity contribution in [1.82, 2.24) is 24.4 Å². The molecule has 0 aliphatic heterocycles. The molecule has 0 saturated heterocycles. The second-order valence-corrected chi connectivity index (χ2v) is 5.56. The van der Waals surface area contributed by atoms with Crippen LogP contribution in [0.4, 0.5) is 0 Å². The highest BCUT2D eigenvalue weighted by atomic mass is 79.9. The third-order valence-corrected chi connectivity index (χ3v) is 4.13. The van der Waals surface area contributed by atoms with Gasteiger partial charge in [0.1, 0.15) is 0 Å². The van der Waals surface area contributed by atoms with Crippen molar-refractivity contribution < 1.29 is 9.90 Å². The number of aromatic carboxylic acids is 1. The number of carboxylic acid groups (broad SMARTS) is 1. The van der Waals surface area contributed by atoms with Crippen LogP contribution in [0.15, 0.2) is 16.7 Å². The molecule has 0 atom stereocenters. The highest BCUT2D eigenvalue weighted by Crippen LogP contribution is 2.27. The molecule has 21 heavy (non-hydrogen) atoms. The second-order valence-electron chi connectivity index (χ2n) is 4.77. The number of fused-ring (bicyclic) bond motifs is 1. The van der Waals surface area contributed by atoms with Crippen LogP contribution in [0.5, 0.6) is 0 Å². The molecule has 0 radical (unpaired) electrons. The van der Waals surface area contributed by atoms with Crippen LogP contribution in [-0.2, 0) is 7.05 Å². The van der Waals surface area contributed by atoms with Crippen LogP contribution in [0.3, 0.4) is 0 Å². The minimum absolute atomic E-state index is 0.0621. The predicted molar refractivity (Wildman–Crippen MR) is 79.3 cm³/mol. The number of nitrogens with zero attached hydrogens (tertiary/aromatic N) is 5. The fraction of sp³-hybridized carbons (Fsp3) is 0.231. The van der Waals surface area contributed by atoms with E-state index in [2.05, 4.69) is 31.1 Å². The molecule has 0 aliphatic carbocycles. The largest absolute Gasteiger partial charge is 0.477 e. The van der Waals surface area contributed by atoms with Gasteiger partial charge in [-0.3, -0.25) is 4.68 Å². The SMILES string of the molecule is Cc1nn(C)cc1-c1cc(C(=O)O)n2nc(C)c(Br)c2n1. The summed E-state index contributed by atoms with van der Waals surface area (Å²) >= 11 is 3.40. The Hall–Kier alpha value is -2.22. The van der Waals surface area contributed by atoms with Crippen molar-refractivity contribution >= 4 is 27.5 Å². The number of aryl methyl sites for hydroxylation is 3. The number of aromatic nitrogens is 5. The van der Waals surface area contributed by atoms with Gasteiger partial charge in [-0.25, -0.2) is 14.3 Å². The van der Waals surface area contributed by atoms with E-state index in [0.29, 0.717) is 21.5 Å². The molecule has 0 bridgehead atoms. The lowest BCUT2D eigenvalue weighted by Gasteiger charge is -2.04. The topological polar surface area (TPSA) is 85.3 Å². The monoisotopic (exact) mass is 349 g/mol. The number of carboxylic acids is 1. The minimum atomic E-state index is -1.06. The van der Waals surface area contributed by atoms with E-state index in [-0.39, 0.29) is 5.69 Å². The first-order valence-electron chi connectivity index (χ1n) is 6.18. The van der Waals surface area contributed by atoms with Gasteiger partial charge >= 0.3 is 5.97 Å². The molecular weight excluding hydrogens is 338 g/mol. The Morgan fingerprint density at radius 1 is 1.29 bits per heavy atom. The van der Waals surface area contributed by atoms with Crippen LogP contribution >= 0.6 is 15.9 Å². The van der Waals surface area contributed by atoms with Crippen LogP contribution in [0.2, 0.25) is 0 Å². The highest BCUT2D eigenvalue weighted by molar-refractivity contribution is 9.10. The lowest BCUT2D eigenvalue weighted by molar-refractivity contribution is 0.0687. The fourth-order valence-electron chi connectivity index (χ4n) is 2.24. The minimum Gasteiger partial charge on any atom is -0.477 e. The van der Waals surface area contributed by atoms with Gasteiger partial charge in [-0.2, -0.15) is 10.2 Å². The Bertz CT molecular complexity index is 880. The Morgan fingerprint density at radius 3 is 2.57 bits per heavy atom. The molecule has 0 saturated carbocycles. The average molecular weight is 350 g/mol. The smallest absolute Gasteiger partial charge is 0.354 e. The van der Waals surface area contributed by atoms with E-state index >= 15 is 0 Å². The molecule has 108 valence electrons. The molecule has 0 fully saturated rings. The summed E-state index contributed by atoms with van der Waals surface area (Å²) in [5.41, 5.74) is 3.38. The van der Waals surface area contributed by atoms with Crippen LogP contribution in [-0.4, -0.2) is 35.5 Å². The van der Waals surface area contributed by atoms with Crippen LogP contribution < -0.4 is 0 Å². The molecule has 3 aromatic rings. The first-order chi connectivity index (χ1) is 9.88. The molecule has 0 aromatic carbocycles.